The zero-order valence-electron chi connectivity index (χ0n) is 11.9. The van der Waals surface area contributed by atoms with Crippen LogP contribution in [0.25, 0.3) is 0 Å². The van der Waals surface area contributed by atoms with Crippen LogP contribution < -0.4 is 5.32 Å². The normalized spacial score (nSPS) is 10.8. The van der Waals surface area contributed by atoms with Crippen molar-refractivity contribution >= 4 is 11.8 Å². The molecule has 0 radical (unpaired) electrons. The Morgan fingerprint density at radius 1 is 1.24 bits per heavy atom. The Kier molecular flexibility index (Phi) is 6.59. The highest BCUT2D eigenvalue weighted by Crippen LogP contribution is 2.23. The van der Waals surface area contributed by atoms with Crippen molar-refractivity contribution in [2.45, 2.75) is 17.2 Å². The van der Waals surface area contributed by atoms with Crippen LogP contribution in [0.3, 0.4) is 0 Å². The van der Waals surface area contributed by atoms with Gasteiger partial charge in [0, 0.05) is 43.1 Å². The second-order valence-corrected chi connectivity index (χ2v) is 5.41. The number of halogens is 1. The number of thioether (sulfide) groups is 1. The molecule has 6 heteroatoms. The van der Waals surface area contributed by atoms with Crippen molar-refractivity contribution in [2.24, 2.45) is 0 Å². The second kappa shape index (κ2) is 8.71. The largest absolute Gasteiger partial charge is 0.383 e. The van der Waals surface area contributed by atoms with E-state index in [2.05, 4.69) is 15.3 Å². The molecule has 112 valence electrons. The number of rotatable bonds is 8. The molecule has 1 heterocycles. The van der Waals surface area contributed by atoms with Gasteiger partial charge in [0.05, 0.1) is 12.4 Å². The molecule has 2 rings (SSSR count). The molecule has 0 aliphatic carbocycles. The SMILES string of the molecule is COCCNCc1cnc(CSc2ccccc2F)nc1. The predicted octanol–water partition coefficient (Wildman–Crippen LogP) is 2.64. The van der Waals surface area contributed by atoms with Crippen molar-refractivity contribution in [2.75, 3.05) is 20.3 Å². The Labute approximate surface area is 128 Å². The number of ether oxygens (including phenoxy) is 1. The molecule has 21 heavy (non-hydrogen) atoms. The molecule has 1 aromatic heterocycles. The summed E-state index contributed by atoms with van der Waals surface area (Å²) in [6.45, 7) is 2.18. The van der Waals surface area contributed by atoms with Crippen molar-refractivity contribution in [3.63, 3.8) is 0 Å². The summed E-state index contributed by atoms with van der Waals surface area (Å²) in [4.78, 5) is 9.21. The smallest absolute Gasteiger partial charge is 0.138 e. The zero-order valence-corrected chi connectivity index (χ0v) is 12.7. The van der Waals surface area contributed by atoms with Crippen LogP contribution in [-0.4, -0.2) is 30.2 Å². The molecule has 4 nitrogen and oxygen atoms in total. The molecular weight excluding hydrogens is 289 g/mol. The molecular formula is C15H18FN3OS. The lowest BCUT2D eigenvalue weighted by Gasteiger charge is -2.05. The molecule has 0 bridgehead atoms. The van der Waals surface area contributed by atoms with Gasteiger partial charge in [-0.05, 0) is 12.1 Å². The summed E-state index contributed by atoms with van der Waals surface area (Å²) < 4.78 is 18.4. The van der Waals surface area contributed by atoms with Crippen molar-refractivity contribution in [3.8, 4) is 0 Å². The quantitative estimate of drug-likeness (QED) is 0.600. The van der Waals surface area contributed by atoms with Gasteiger partial charge >= 0.3 is 0 Å². The Balaban J connectivity index is 1.81. The van der Waals surface area contributed by atoms with Crippen molar-refractivity contribution in [1.82, 2.24) is 15.3 Å². The van der Waals surface area contributed by atoms with Gasteiger partial charge in [-0.3, -0.25) is 0 Å². The van der Waals surface area contributed by atoms with Crippen LogP contribution in [0.1, 0.15) is 11.4 Å². The van der Waals surface area contributed by atoms with Crippen LogP contribution in [0.2, 0.25) is 0 Å². The van der Waals surface area contributed by atoms with Crippen molar-refractivity contribution in [1.29, 1.82) is 0 Å². The summed E-state index contributed by atoms with van der Waals surface area (Å²) >= 11 is 1.40. The van der Waals surface area contributed by atoms with E-state index in [1.54, 1.807) is 31.6 Å². The lowest BCUT2D eigenvalue weighted by atomic mass is 10.3. The van der Waals surface area contributed by atoms with Gasteiger partial charge in [-0.2, -0.15) is 0 Å². The Hall–Kier alpha value is -1.50. The second-order valence-electron chi connectivity index (χ2n) is 4.40. The van der Waals surface area contributed by atoms with E-state index in [1.807, 2.05) is 6.07 Å². The van der Waals surface area contributed by atoms with Crippen molar-refractivity contribution in [3.05, 3.63) is 53.9 Å². The summed E-state index contributed by atoms with van der Waals surface area (Å²) in [5.41, 5.74) is 1.02. The van der Waals surface area contributed by atoms with Gasteiger partial charge in [0.25, 0.3) is 0 Å². The average Bonchev–Trinajstić information content (AvgIpc) is 2.52. The Morgan fingerprint density at radius 3 is 2.71 bits per heavy atom. The van der Waals surface area contributed by atoms with E-state index in [9.17, 15) is 4.39 Å². The molecule has 0 amide bonds. The van der Waals surface area contributed by atoms with Gasteiger partial charge < -0.3 is 10.1 Å². The molecule has 0 spiro atoms. The number of hydrogen-bond donors (Lipinski definition) is 1. The molecule has 1 N–H and O–H groups in total. The van der Waals surface area contributed by atoms with Gasteiger partial charge in [-0.25, -0.2) is 14.4 Å². The van der Waals surface area contributed by atoms with Crippen LogP contribution in [0.15, 0.2) is 41.6 Å². The van der Waals surface area contributed by atoms with Gasteiger partial charge in [0.2, 0.25) is 0 Å². The van der Waals surface area contributed by atoms with Crippen LogP contribution in [0.4, 0.5) is 4.39 Å². The number of benzene rings is 1. The number of nitrogens with zero attached hydrogens (tertiary/aromatic N) is 2. The minimum atomic E-state index is -0.207. The first-order valence-corrected chi connectivity index (χ1v) is 7.65. The number of methoxy groups -OCH3 is 1. The fraction of sp³-hybridized carbons (Fsp3) is 0.333. The van der Waals surface area contributed by atoms with Crippen LogP contribution in [-0.2, 0) is 17.0 Å². The fourth-order valence-corrected chi connectivity index (χ4v) is 2.47. The lowest BCUT2D eigenvalue weighted by Crippen LogP contribution is -2.18. The van der Waals surface area contributed by atoms with Gasteiger partial charge in [-0.1, -0.05) is 12.1 Å². The molecule has 0 saturated heterocycles. The minimum Gasteiger partial charge on any atom is -0.383 e. The monoisotopic (exact) mass is 307 g/mol. The maximum atomic E-state index is 13.5. The standard InChI is InChI=1S/C15H18FN3OS/c1-20-7-6-17-8-12-9-18-15(19-10-12)11-21-14-5-3-2-4-13(14)16/h2-5,9-10,17H,6-8,11H2,1H3. The first kappa shape index (κ1) is 15.9. The van der Waals surface area contributed by atoms with Crippen molar-refractivity contribution < 1.29 is 9.13 Å². The molecule has 1 aromatic carbocycles. The van der Waals surface area contributed by atoms with E-state index in [0.29, 0.717) is 29.6 Å². The van der Waals surface area contributed by atoms with E-state index >= 15 is 0 Å². The molecule has 0 saturated carbocycles. The average molecular weight is 307 g/mol. The van der Waals surface area contributed by atoms with Gasteiger partial charge in [0.15, 0.2) is 0 Å². The first-order chi connectivity index (χ1) is 10.3. The van der Waals surface area contributed by atoms with Gasteiger partial charge in [-0.15, -0.1) is 11.8 Å². The molecule has 0 atom stereocenters. The molecule has 0 unspecified atom stereocenters. The summed E-state index contributed by atoms with van der Waals surface area (Å²) in [5, 5.41) is 3.23. The molecule has 0 aliphatic heterocycles. The van der Waals surface area contributed by atoms with Crippen LogP contribution in [0, 0.1) is 5.82 Å². The summed E-state index contributed by atoms with van der Waals surface area (Å²) in [6.07, 6.45) is 3.59. The van der Waals surface area contributed by atoms with E-state index < -0.39 is 0 Å². The van der Waals surface area contributed by atoms with E-state index in [1.165, 1.54) is 17.8 Å². The topological polar surface area (TPSA) is 47.0 Å². The maximum absolute atomic E-state index is 13.5. The molecule has 2 aromatic rings. The lowest BCUT2D eigenvalue weighted by molar-refractivity contribution is 0.199. The minimum absolute atomic E-state index is 0.207. The van der Waals surface area contributed by atoms with E-state index in [0.717, 1.165) is 12.1 Å². The Bertz CT molecular complexity index is 551. The van der Waals surface area contributed by atoms with Gasteiger partial charge in [0.1, 0.15) is 11.6 Å². The highest BCUT2D eigenvalue weighted by molar-refractivity contribution is 7.98. The third kappa shape index (κ3) is 5.41. The third-order valence-corrected chi connectivity index (χ3v) is 3.81. The predicted molar refractivity (Wildman–Crippen MR) is 81.6 cm³/mol. The van der Waals surface area contributed by atoms with Crippen LogP contribution >= 0.6 is 11.8 Å². The summed E-state index contributed by atoms with van der Waals surface area (Å²) in [6, 6.07) is 6.72. The summed E-state index contributed by atoms with van der Waals surface area (Å²) in [5.74, 6) is 1.04. The number of aromatic nitrogens is 2. The van der Waals surface area contributed by atoms with E-state index in [4.69, 9.17) is 4.74 Å². The third-order valence-electron chi connectivity index (χ3n) is 2.76. The zero-order chi connectivity index (χ0) is 14.9. The number of nitrogens with one attached hydrogen (secondary N) is 1. The Morgan fingerprint density at radius 2 is 2.00 bits per heavy atom. The maximum Gasteiger partial charge on any atom is 0.138 e. The van der Waals surface area contributed by atoms with E-state index in [-0.39, 0.29) is 5.82 Å². The fourth-order valence-electron chi connectivity index (χ4n) is 1.66. The first-order valence-electron chi connectivity index (χ1n) is 6.66. The molecule has 0 fully saturated rings. The molecule has 0 aliphatic rings. The highest BCUT2D eigenvalue weighted by Gasteiger charge is 2.04. The number of hydrogen-bond acceptors (Lipinski definition) is 5. The highest BCUT2D eigenvalue weighted by atomic mass is 32.2. The van der Waals surface area contributed by atoms with Crippen LogP contribution in [0.5, 0.6) is 0 Å². The summed E-state index contributed by atoms with van der Waals surface area (Å²) in [7, 11) is 1.67.